The summed E-state index contributed by atoms with van der Waals surface area (Å²) in [6.45, 7) is 3.91. The van der Waals surface area contributed by atoms with Gasteiger partial charge in [-0.3, -0.25) is 9.59 Å². The second-order valence-corrected chi connectivity index (χ2v) is 7.93. The topological polar surface area (TPSA) is 101 Å². The average Bonchev–Trinajstić information content (AvgIpc) is 3.50. The third-order valence-electron chi connectivity index (χ3n) is 4.87. The predicted molar refractivity (Wildman–Crippen MR) is 123 cm³/mol. The van der Waals surface area contributed by atoms with E-state index < -0.39 is 5.91 Å². The molecule has 2 amide bonds. The third kappa shape index (κ3) is 5.12. The number of aromatic nitrogens is 2. The number of halogens is 1. The Balaban J connectivity index is 1.51. The molecule has 4 rings (SSSR count). The molecule has 0 spiro atoms. The van der Waals surface area contributed by atoms with Crippen LogP contribution in [-0.4, -0.2) is 33.0 Å². The van der Waals surface area contributed by atoms with E-state index in [9.17, 15) is 9.59 Å². The zero-order valence-corrected chi connectivity index (χ0v) is 18.7. The van der Waals surface area contributed by atoms with E-state index in [2.05, 4.69) is 15.5 Å². The van der Waals surface area contributed by atoms with Gasteiger partial charge in [-0.2, -0.15) is 0 Å². The lowest BCUT2D eigenvalue weighted by Crippen LogP contribution is -2.36. The van der Waals surface area contributed by atoms with Crippen molar-refractivity contribution in [2.45, 2.75) is 26.4 Å². The second-order valence-electron chi connectivity index (χ2n) is 7.52. The van der Waals surface area contributed by atoms with Crippen molar-refractivity contribution < 1.29 is 18.4 Å². The number of anilines is 1. The molecule has 8 nitrogen and oxygen atoms in total. The molecular formula is C24H21ClN4O4. The van der Waals surface area contributed by atoms with Gasteiger partial charge in [-0.1, -0.05) is 29.8 Å². The quantitative estimate of drug-likeness (QED) is 0.399. The Morgan fingerprint density at radius 2 is 1.88 bits per heavy atom. The van der Waals surface area contributed by atoms with E-state index in [0.29, 0.717) is 21.8 Å². The highest BCUT2D eigenvalue weighted by molar-refractivity contribution is 6.33. The monoisotopic (exact) mass is 464 g/mol. The molecule has 0 aliphatic carbocycles. The van der Waals surface area contributed by atoms with Crippen molar-refractivity contribution in [1.82, 2.24) is 15.1 Å². The van der Waals surface area contributed by atoms with Crippen molar-refractivity contribution in [2.75, 3.05) is 5.32 Å². The van der Waals surface area contributed by atoms with Gasteiger partial charge in [-0.15, -0.1) is 10.2 Å². The van der Waals surface area contributed by atoms with E-state index >= 15 is 0 Å². The maximum Gasteiger partial charge on any atom is 0.291 e. The molecule has 0 radical (unpaired) electrons. The van der Waals surface area contributed by atoms with Crippen molar-refractivity contribution >= 4 is 29.1 Å². The van der Waals surface area contributed by atoms with Gasteiger partial charge in [0.25, 0.3) is 11.8 Å². The molecule has 2 heterocycles. The number of furan rings is 1. The Morgan fingerprint density at radius 3 is 2.61 bits per heavy atom. The molecule has 0 saturated carbocycles. The molecule has 2 aromatic carbocycles. The molecule has 9 heteroatoms. The summed E-state index contributed by atoms with van der Waals surface area (Å²) in [5.41, 5.74) is 1.51. The molecule has 0 bridgehead atoms. The van der Waals surface area contributed by atoms with Gasteiger partial charge in [0.05, 0.1) is 23.4 Å². The molecule has 0 fully saturated rings. The smallest absolute Gasteiger partial charge is 0.291 e. The Kier molecular flexibility index (Phi) is 6.55. The van der Waals surface area contributed by atoms with Crippen LogP contribution in [-0.2, 0) is 6.54 Å². The lowest BCUT2D eigenvalue weighted by atomic mass is 10.1. The fraction of sp³-hybridized carbons (Fsp3) is 0.167. The van der Waals surface area contributed by atoms with Gasteiger partial charge in [0.2, 0.25) is 11.8 Å². The molecule has 2 aromatic heterocycles. The van der Waals surface area contributed by atoms with E-state index in [1.165, 1.54) is 6.26 Å². The summed E-state index contributed by atoms with van der Waals surface area (Å²) in [6, 6.07) is 16.9. The average molecular weight is 465 g/mol. The fourth-order valence-electron chi connectivity index (χ4n) is 3.19. The number of rotatable bonds is 7. The maximum absolute atomic E-state index is 13.3. The highest BCUT2D eigenvalue weighted by atomic mass is 35.5. The highest BCUT2D eigenvalue weighted by Crippen LogP contribution is 2.27. The summed E-state index contributed by atoms with van der Waals surface area (Å²) >= 11 is 6.21. The largest absolute Gasteiger partial charge is 0.459 e. The van der Waals surface area contributed by atoms with Gasteiger partial charge in [0.1, 0.15) is 0 Å². The normalized spacial score (nSPS) is 10.9. The standard InChI is InChI=1S/C24H21ClN4O4/c1-15(2)29(14-21-27-28-23(33-21)18-9-3-4-10-19(18)25)24(31)16-7-5-8-17(13-16)26-22(30)20-11-6-12-32-20/h3-13,15H,14H2,1-2H3,(H,26,30). The molecule has 33 heavy (non-hydrogen) atoms. The van der Waals surface area contributed by atoms with E-state index in [0.717, 1.165) is 0 Å². The molecule has 0 aliphatic rings. The molecule has 4 aromatic rings. The van der Waals surface area contributed by atoms with Crippen LogP contribution in [0.1, 0.15) is 40.7 Å². The molecule has 168 valence electrons. The van der Waals surface area contributed by atoms with Crippen LogP contribution in [0.25, 0.3) is 11.5 Å². The lowest BCUT2D eigenvalue weighted by molar-refractivity contribution is 0.0672. The fourth-order valence-corrected chi connectivity index (χ4v) is 3.41. The van der Waals surface area contributed by atoms with Crippen LogP contribution in [0.4, 0.5) is 5.69 Å². The van der Waals surface area contributed by atoms with Crippen molar-refractivity contribution in [1.29, 1.82) is 0 Å². The van der Waals surface area contributed by atoms with Gasteiger partial charge >= 0.3 is 0 Å². The number of nitrogens with zero attached hydrogens (tertiary/aromatic N) is 3. The lowest BCUT2D eigenvalue weighted by Gasteiger charge is -2.25. The SMILES string of the molecule is CC(C)N(Cc1nnc(-c2ccccc2Cl)o1)C(=O)c1cccc(NC(=O)c2ccco2)c1. The van der Waals surface area contributed by atoms with Crippen molar-refractivity contribution in [2.24, 2.45) is 0 Å². The minimum Gasteiger partial charge on any atom is -0.459 e. The number of hydrogen-bond acceptors (Lipinski definition) is 6. The number of hydrogen-bond donors (Lipinski definition) is 1. The zero-order chi connectivity index (χ0) is 23.4. The number of nitrogens with one attached hydrogen (secondary N) is 1. The van der Waals surface area contributed by atoms with Gasteiger partial charge < -0.3 is 19.1 Å². The molecule has 0 atom stereocenters. The molecule has 0 unspecified atom stereocenters. The maximum atomic E-state index is 13.3. The number of carbonyl (C=O) groups is 2. The molecule has 0 aliphatic heterocycles. The van der Waals surface area contributed by atoms with Gasteiger partial charge in [-0.25, -0.2) is 0 Å². The first-order valence-corrected chi connectivity index (χ1v) is 10.6. The first kappa shape index (κ1) is 22.3. The number of amides is 2. The van der Waals surface area contributed by atoms with Crippen molar-refractivity contribution in [3.8, 4) is 11.5 Å². The van der Waals surface area contributed by atoms with Crippen molar-refractivity contribution in [3.05, 3.63) is 89.2 Å². The number of carbonyl (C=O) groups excluding carboxylic acids is 2. The van der Waals surface area contributed by atoms with Crippen LogP contribution in [0.15, 0.2) is 75.8 Å². The Bertz CT molecular complexity index is 1270. The summed E-state index contributed by atoms with van der Waals surface area (Å²) in [4.78, 5) is 27.1. The van der Waals surface area contributed by atoms with Crippen LogP contribution in [0.5, 0.6) is 0 Å². The third-order valence-corrected chi connectivity index (χ3v) is 5.20. The van der Waals surface area contributed by atoms with E-state index in [1.54, 1.807) is 53.4 Å². The van der Waals surface area contributed by atoms with Crippen LogP contribution in [0.3, 0.4) is 0 Å². The Hall–Kier alpha value is -3.91. The Labute approximate surface area is 195 Å². The zero-order valence-electron chi connectivity index (χ0n) is 18.0. The number of benzene rings is 2. The summed E-state index contributed by atoms with van der Waals surface area (Å²) in [5.74, 6) is 0.116. The summed E-state index contributed by atoms with van der Waals surface area (Å²) in [7, 11) is 0. The highest BCUT2D eigenvalue weighted by Gasteiger charge is 2.23. The Morgan fingerprint density at radius 1 is 1.06 bits per heavy atom. The van der Waals surface area contributed by atoms with E-state index in [4.69, 9.17) is 20.4 Å². The first-order valence-electron chi connectivity index (χ1n) is 10.3. The van der Waals surface area contributed by atoms with Gasteiger partial charge in [-0.05, 0) is 56.3 Å². The second kappa shape index (κ2) is 9.70. The van der Waals surface area contributed by atoms with E-state index in [-0.39, 0.29) is 36.0 Å². The van der Waals surface area contributed by atoms with Crippen LogP contribution in [0, 0.1) is 0 Å². The van der Waals surface area contributed by atoms with Crippen LogP contribution >= 0.6 is 11.6 Å². The van der Waals surface area contributed by atoms with Crippen LogP contribution in [0.2, 0.25) is 5.02 Å². The summed E-state index contributed by atoms with van der Waals surface area (Å²) < 4.78 is 10.9. The molecule has 0 saturated heterocycles. The minimum atomic E-state index is -0.400. The van der Waals surface area contributed by atoms with E-state index in [1.807, 2.05) is 26.0 Å². The van der Waals surface area contributed by atoms with Gasteiger partial charge in [0.15, 0.2) is 5.76 Å². The summed E-state index contributed by atoms with van der Waals surface area (Å²) in [5, 5.41) is 11.4. The van der Waals surface area contributed by atoms with Crippen LogP contribution < -0.4 is 5.32 Å². The minimum absolute atomic E-state index is 0.122. The van der Waals surface area contributed by atoms with Gasteiger partial charge in [0, 0.05) is 17.3 Å². The molecule has 1 N–H and O–H groups in total. The molecular weight excluding hydrogens is 444 g/mol. The first-order chi connectivity index (χ1) is 15.9. The van der Waals surface area contributed by atoms with Crippen molar-refractivity contribution in [3.63, 3.8) is 0 Å². The summed E-state index contributed by atoms with van der Waals surface area (Å²) in [6.07, 6.45) is 1.42. The predicted octanol–water partition coefficient (Wildman–Crippen LogP) is 5.29.